The van der Waals surface area contributed by atoms with E-state index in [4.69, 9.17) is 4.74 Å². The molecule has 0 atom stereocenters. The number of pyridine rings is 1. The van der Waals surface area contributed by atoms with E-state index in [1.807, 2.05) is 81.4 Å². The summed E-state index contributed by atoms with van der Waals surface area (Å²) in [6.45, 7) is 4.44. The minimum Gasteiger partial charge on any atom is -0.455 e. The highest BCUT2D eigenvalue weighted by molar-refractivity contribution is 6.06. The van der Waals surface area contributed by atoms with Crippen LogP contribution >= 0.6 is 0 Å². The third-order valence-electron chi connectivity index (χ3n) is 5.45. The molecule has 2 heterocycles. The Balaban J connectivity index is 1.56. The topological polar surface area (TPSA) is 83.5 Å². The molecule has 0 bridgehead atoms. The first-order chi connectivity index (χ1) is 17.3. The molecule has 0 radical (unpaired) electrons. The van der Waals surface area contributed by atoms with Crippen molar-refractivity contribution in [2.75, 3.05) is 37.9 Å². The molecule has 2 aromatic carbocycles. The zero-order valence-electron chi connectivity index (χ0n) is 21.0. The van der Waals surface area contributed by atoms with Crippen molar-refractivity contribution in [3.8, 4) is 23.3 Å². The first kappa shape index (κ1) is 24.6. The summed E-state index contributed by atoms with van der Waals surface area (Å²) in [7, 11) is 5.52. The van der Waals surface area contributed by atoms with Gasteiger partial charge in [-0.1, -0.05) is 5.92 Å². The lowest BCUT2D eigenvalue weighted by Crippen LogP contribution is -2.24. The molecule has 0 aliphatic carbocycles. The number of nitrogens with one attached hydrogen (secondary N) is 1. The van der Waals surface area contributed by atoms with E-state index in [-0.39, 0.29) is 5.91 Å². The van der Waals surface area contributed by atoms with E-state index in [1.165, 1.54) is 11.2 Å². The second-order valence-electron chi connectivity index (χ2n) is 8.67. The number of hydrogen-bond acceptors (Lipinski definition) is 7. The summed E-state index contributed by atoms with van der Waals surface area (Å²) in [5.74, 6) is 7.34. The highest BCUT2D eigenvalue weighted by Gasteiger charge is 2.12. The highest BCUT2D eigenvalue weighted by atomic mass is 16.5. The Morgan fingerprint density at radius 3 is 2.56 bits per heavy atom. The summed E-state index contributed by atoms with van der Waals surface area (Å²) in [5, 5.41) is 4.16. The third kappa shape index (κ3) is 5.95. The van der Waals surface area contributed by atoms with E-state index in [9.17, 15) is 4.79 Å². The molecule has 1 N–H and O–H groups in total. The van der Waals surface area contributed by atoms with Gasteiger partial charge in [0.05, 0.1) is 18.3 Å². The molecule has 0 spiro atoms. The Kier molecular flexibility index (Phi) is 7.42. The highest BCUT2D eigenvalue weighted by Crippen LogP contribution is 2.30. The normalized spacial score (nSPS) is 10.6. The molecule has 4 rings (SSSR count). The van der Waals surface area contributed by atoms with Crippen LogP contribution in [0.3, 0.4) is 0 Å². The van der Waals surface area contributed by atoms with E-state index in [1.54, 1.807) is 13.2 Å². The fourth-order valence-electron chi connectivity index (χ4n) is 3.45. The summed E-state index contributed by atoms with van der Waals surface area (Å²) >= 11 is 0. The van der Waals surface area contributed by atoms with Crippen molar-refractivity contribution in [3.63, 3.8) is 0 Å². The lowest BCUT2D eigenvalue weighted by atomic mass is 10.1. The van der Waals surface area contributed by atoms with Crippen LogP contribution in [0.4, 0.5) is 17.2 Å². The van der Waals surface area contributed by atoms with E-state index in [2.05, 4.69) is 32.1 Å². The second kappa shape index (κ2) is 10.8. The Morgan fingerprint density at radius 1 is 1.00 bits per heavy atom. The average molecular weight is 481 g/mol. The van der Waals surface area contributed by atoms with E-state index >= 15 is 0 Å². The van der Waals surface area contributed by atoms with Crippen molar-refractivity contribution in [1.29, 1.82) is 0 Å². The zero-order chi connectivity index (χ0) is 25.7. The predicted octanol–water partition coefficient (Wildman–Crippen LogP) is 4.71. The van der Waals surface area contributed by atoms with Crippen LogP contribution in [-0.2, 0) is 4.79 Å². The Labute approximate surface area is 211 Å². The van der Waals surface area contributed by atoms with Crippen molar-refractivity contribution in [3.05, 3.63) is 72.3 Å². The van der Waals surface area contributed by atoms with Crippen LogP contribution in [-0.4, -0.2) is 53.4 Å². The van der Waals surface area contributed by atoms with Gasteiger partial charge in [0.15, 0.2) is 0 Å². The van der Waals surface area contributed by atoms with Crippen molar-refractivity contribution in [2.45, 2.75) is 13.8 Å². The fraction of sp³-hybridized carbons (Fsp3) is 0.214. The lowest BCUT2D eigenvalue weighted by molar-refractivity contribution is -0.113. The number of hydrogen-bond donors (Lipinski definition) is 1. The van der Waals surface area contributed by atoms with Gasteiger partial charge in [-0.15, -0.1) is 0 Å². The number of anilines is 3. The first-order valence-electron chi connectivity index (χ1n) is 11.4. The maximum Gasteiger partial charge on any atom is 0.302 e. The largest absolute Gasteiger partial charge is 0.455 e. The van der Waals surface area contributed by atoms with Crippen LogP contribution in [0.2, 0.25) is 0 Å². The van der Waals surface area contributed by atoms with Gasteiger partial charge in [0.2, 0.25) is 0 Å². The van der Waals surface area contributed by atoms with Crippen molar-refractivity contribution in [2.24, 2.45) is 0 Å². The summed E-state index contributed by atoms with van der Waals surface area (Å²) in [5.41, 5.74) is 4.22. The van der Waals surface area contributed by atoms with Crippen LogP contribution in [0, 0.1) is 25.7 Å². The monoisotopic (exact) mass is 480 g/mol. The first-order valence-corrected chi connectivity index (χ1v) is 11.4. The van der Waals surface area contributed by atoms with E-state index in [0.717, 1.165) is 33.6 Å². The number of amides is 1. The van der Waals surface area contributed by atoms with E-state index < -0.39 is 0 Å². The van der Waals surface area contributed by atoms with Gasteiger partial charge in [-0.2, -0.15) is 0 Å². The molecule has 4 aromatic rings. The number of aryl methyl sites for hydroxylation is 2. The van der Waals surface area contributed by atoms with Crippen LogP contribution in [0.5, 0.6) is 11.5 Å². The zero-order valence-corrected chi connectivity index (χ0v) is 21.0. The molecule has 1 amide bonds. The van der Waals surface area contributed by atoms with E-state index in [0.29, 0.717) is 23.8 Å². The standard InChI is InChI=1S/C28H28N6O2/c1-19-15-21(9-13-26(19)36-23-11-8-20(2)29-17-23)32-28-24-16-22(10-12-25(24)30-18-31-28)34(5)27(35)7-6-14-33(3)4/h8-13,15-18H,14H2,1-5H3,(H,30,31,32). The molecule has 36 heavy (non-hydrogen) atoms. The SMILES string of the molecule is Cc1ccc(Oc2ccc(Nc3ncnc4ccc(N(C)C(=O)C#CCN(C)C)cc34)cc2C)cn1. The van der Waals surface area contributed by atoms with Crippen LogP contribution in [0.25, 0.3) is 10.9 Å². The molecule has 8 nitrogen and oxygen atoms in total. The molecule has 8 heteroatoms. The molecule has 0 saturated heterocycles. The number of fused-ring (bicyclic) bond motifs is 1. The molecule has 2 aromatic heterocycles. The third-order valence-corrected chi connectivity index (χ3v) is 5.45. The number of benzene rings is 2. The molecule has 0 aliphatic rings. The van der Waals surface area contributed by atoms with Gasteiger partial charge in [0.25, 0.3) is 0 Å². The average Bonchev–Trinajstić information content (AvgIpc) is 2.86. The summed E-state index contributed by atoms with van der Waals surface area (Å²) in [4.78, 5) is 29.0. The van der Waals surface area contributed by atoms with Gasteiger partial charge >= 0.3 is 5.91 Å². The van der Waals surface area contributed by atoms with Crippen molar-refractivity contribution in [1.82, 2.24) is 19.9 Å². The smallest absolute Gasteiger partial charge is 0.302 e. The van der Waals surface area contributed by atoms with Gasteiger partial charge in [0, 0.05) is 29.5 Å². The number of ether oxygens (including phenoxy) is 1. The molecular weight excluding hydrogens is 452 g/mol. The van der Waals surface area contributed by atoms with Gasteiger partial charge in [0.1, 0.15) is 23.6 Å². The fourth-order valence-corrected chi connectivity index (χ4v) is 3.45. The molecule has 0 saturated carbocycles. The Morgan fingerprint density at radius 2 is 1.83 bits per heavy atom. The van der Waals surface area contributed by atoms with Crippen molar-refractivity contribution < 1.29 is 9.53 Å². The van der Waals surface area contributed by atoms with Crippen LogP contribution in [0.15, 0.2) is 61.1 Å². The maximum absolute atomic E-state index is 12.5. The summed E-state index contributed by atoms with van der Waals surface area (Å²) < 4.78 is 5.98. The number of rotatable bonds is 6. The summed E-state index contributed by atoms with van der Waals surface area (Å²) in [6.07, 6.45) is 3.22. The number of carbonyl (C=O) groups excluding carboxylic acids is 1. The van der Waals surface area contributed by atoms with Gasteiger partial charge in [-0.05, 0) is 88.0 Å². The molecular formula is C28H28N6O2. The van der Waals surface area contributed by atoms with Crippen LogP contribution in [0.1, 0.15) is 11.3 Å². The quantitative estimate of drug-likeness (QED) is 0.400. The second-order valence-corrected chi connectivity index (χ2v) is 8.67. The summed E-state index contributed by atoms with van der Waals surface area (Å²) in [6, 6.07) is 15.2. The lowest BCUT2D eigenvalue weighted by Gasteiger charge is -2.16. The Hall–Kier alpha value is -4.48. The predicted molar refractivity (Wildman–Crippen MR) is 143 cm³/mol. The van der Waals surface area contributed by atoms with Gasteiger partial charge < -0.3 is 15.0 Å². The number of aromatic nitrogens is 3. The van der Waals surface area contributed by atoms with Gasteiger partial charge in [-0.25, -0.2) is 9.97 Å². The van der Waals surface area contributed by atoms with Crippen LogP contribution < -0.4 is 15.0 Å². The molecule has 0 aliphatic heterocycles. The molecule has 182 valence electrons. The maximum atomic E-state index is 12.5. The molecule has 0 unspecified atom stereocenters. The minimum atomic E-state index is -0.280. The van der Waals surface area contributed by atoms with Crippen molar-refractivity contribution >= 4 is 34.0 Å². The number of carbonyl (C=O) groups is 1. The number of nitrogens with zero attached hydrogens (tertiary/aromatic N) is 5. The minimum absolute atomic E-state index is 0.280. The molecule has 0 fully saturated rings. The van der Waals surface area contributed by atoms with Gasteiger partial charge in [-0.3, -0.25) is 14.7 Å². The Bertz CT molecular complexity index is 1450.